The van der Waals surface area contributed by atoms with Gasteiger partial charge in [-0.05, 0) is 30.2 Å². The number of fused-ring (bicyclic) bond motifs is 1. The van der Waals surface area contributed by atoms with E-state index < -0.39 is 35.8 Å². The molecule has 0 radical (unpaired) electrons. The summed E-state index contributed by atoms with van der Waals surface area (Å²) in [6.45, 7) is 2.14. The molecule has 1 heterocycles. The Labute approximate surface area is 199 Å². The number of aromatic nitrogens is 2. The van der Waals surface area contributed by atoms with E-state index in [-0.39, 0.29) is 36.1 Å². The number of carbonyl (C=O) groups is 2. The Morgan fingerprint density at radius 1 is 1.11 bits per heavy atom. The third-order valence-electron chi connectivity index (χ3n) is 5.31. The molecule has 0 aliphatic carbocycles. The van der Waals surface area contributed by atoms with Crippen molar-refractivity contribution in [3.05, 3.63) is 75.7 Å². The fourth-order valence-corrected chi connectivity index (χ4v) is 3.46. The fourth-order valence-electron chi connectivity index (χ4n) is 3.46. The van der Waals surface area contributed by atoms with Crippen molar-refractivity contribution >= 4 is 22.9 Å². The molecule has 0 fully saturated rings. The summed E-state index contributed by atoms with van der Waals surface area (Å²) < 4.78 is 46.0. The zero-order valence-corrected chi connectivity index (χ0v) is 19.2. The number of benzene rings is 2. The SMILES string of the molecule is CCCCNC(=O)COC(=O)CCc1nc2cc(C(F)(F)F)ccc2n(Cc2ccccc2)c1=O. The molecule has 0 aliphatic rings. The Hall–Kier alpha value is -3.69. The third kappa shape index (κ3) is 7.14. The van der Waals surface area contributed by atoms with E-state index >= 15 is 0 Å². The molecule has 10 heteroatoms. The molecule has 2 aromatic carbocycles. The maximum Gasteiger partial charge on any atom is 0.416 e. The van der Waals surface area contributed by atoms with Crippen LogP contribution in [0.2, 0.25) is 0 Å². The molecule has 0 spiro atoms. The third-order valence-corrected chi connectivity index (χ3v) is 5.31. The lowest BCUT2D eigenvalue weighted by Gasteiger charge is -2.14. The van der Waals surface area contributed by atoms with Crippen LogP contribution in [-0.2, 0) is 33.5 Å². The van der Waals surface area contributed by atoms with E-state index in [9.17, 15) is 27.6 Å². The summed E-state index contributed by atoms with van der Waals surface area (Å²) in [5, 5.41) is 2.62. The number of rotatable bonds is 10. The van der Waals surface area contributed by atoms with Gasteiger partial charge in [-0.25, -0.2) is 4.98 Å². The van der Waals surface area contributed by atoms with Crippen LogP contribution >= 0.6 is 0 Å². The zero-order chi connectivity index (χ0) is 25.4. The van der Waals surface area contributed by atoms with Gasteiger partial charge in [0.2, 0.25) is 0 Å². The Kier molecular flexibility index (Phi) is 8.62. The molecule has 1 aromatic heterocycles. The van der Waals surface area contributed by atoms with Crippen LogP contribution in [0.5, 0.6) is 0 Å². The lowest BCUT2D eigenvalue weighted by atomic mass is 10.1. The first kappa shape index (κ1) is 25.9. The summed E-state index contributed by atoms with van der Waals surface area (Å²) >= 11 is 0. The summed E-state index contributed by atoms with van der Waals surface area (Å²) in [5.41, 5.74) is -0.428. The zero-order valence-electron chi connectivity index (χ0n) is 19.2. The minimum absolute atomic E-state index is 0.00553. The minimum atomic E-state index is -4.57. The number of unbranched alkanes of at least 4 members (excludes halogenated alkanes) is 1. The number of nitrogens with one attached hydrogen (secondary N) is 1. The molecule has 3 rings (SSSR count). The molecule has 1 N–H and O–H groups in total. The van der Waals surface area contributed by atoms with Crippen LogP contribution in [0.3, 0.4) is 0 Å². The molecule has 0 atom stereocenters. The van der Waals surface area contributed by atoms with Crippen molar-refractivity contribution in [1.82, 2.24) is 14.9 Å². The lowest BCUT2D eigenvalue weighted by molar-refractivity contribution is -0.148. The van der Waals surface area contributed by atoms with Gasteiger partial charge in [0.1, 0.15) is 5.69 Å². The molecule has 35 heavy (non-hydrogen) atoms. The van der Waals surface area contributed by atoms with Crippen molar-refractivity contribution in [3.8, 4) is 0 Å². The number of hydrogen-bond acceptors (Lipinski definition) is 5. The first-order chi connectivity index (χ1) is 16.7. The van der Waals surface area contributed by atoms with Crippen LogP contribution in [0.25, 0.3) is 11.0 Å². The Morgan fingerprint density at radius 3 is 2.54 bits per heavy atom. The average Bonchev–Trinajstić information content (AvgIpc) is 2.83. The van der Waals surface area contributed by atoms with Gasteiger partial charge in [0, 0.05) is 13.0 Å². The van der Waals surface area contributed by atoms with E-state index in [1.54, 1.807) is 24.3 Å². The highest BCUT2D eigenvalue weighted by Crippen LogP contribution is 2.31. The van der Waals surface area contributed by atoms with Crippen LogP contribution in [0.4, 0.5) is 13.2 Å². The van der Waals surface area contributed by atoms with Gasteiger partial charge in [-0.2, -0.15) is 13.2 Å². The van der Waals surface area contributed by atoms with E-state index in [0.717, 1.165) is 30.5 Å². The van der Waals surface area contributed by atoms with Gasteiger partial charge >= 0.3 is 12.1 Å². The van der Waals surface area contributed by atoms with E-state index in [1.165, 1.54) is 10.6 Å². The number of amides is 1. The van der Waals surface area contributed by atoms with Gasteiger partial charge in [-0.3, -0.25) is 14.4 Å². The van der Waals surface area contributed by atoms with Crippen LogP contribution in [0.15, 0.2) is 53.3 Å². The predicted octanol–water partition coefficient (Wildman–Crippen LogP) is 3.86. The summed E-state index contributed by atoms with van der Waals surface area (Å²) in [6, 6.07) is 12.0. The van der Waals surface area contributed by atoms with Crippen molar-refractivity contribution in [2.75, 3.05) is 13.2 Å². The number of halogens is 3. The average molecular weight is 489 g/mol. The largest absolute Gasteiger partial charge is 0.456 e. The Balaban J connectivity index is 1.83. The smallest absolute Gasteiger partial charge is 0.416 e. The highest BCUT2D eigenvalue weighted by atomic mass is 19.4. The normalized spacial score (nSPS) is 11.4. The maximum absolute atomic E-state index is 13.3. The molecule has 186 valence electrons. The van der Waals surface area contributed by atoms with Crippen molar-refractivity contribution in [2.45, 2.75) is 45.3 Å². The number of nitrogens with zero attached hydrogens (tertiary/aromatic N) is 2. The van der Waals surface area contributed by atoms with E-state index in [1.807, 2.05) is 13.0 Å². The summed E-state index contributed by atoms with van der Waals surface area (Å²) in [6.07, 6.45) is -3.25. The number of aryl methyl sites for hydroxylation is 1. The lowest BCUT2D eigenvalue weighted by Crippen LogP contribution is -2.30. The number of carbonyl (C=O) groups excluding carboxylic acids is 2. The summed E-state index contributed by atoms with van der Waals surface area (Å²) in [5.74, 6) is -1.14. The molecule has 1 amide bonds. The molecule has 0 aliphatic heterocycles. The fraction of sp³-hybridized carbons (Fsp3) is 0.360. The van der Waals surface area contributed by atoms with Crippen LogP contribution < -0.4 is 10.9 Å². The second-order valence-corrected chi connectivity index (χ2v) is 8.00. The number of alkyl halides is 3. The summed E-state index contributed by atoms with van der Waals surface area (Å²) in [7, 11) is 0. The molecule has 3 aromatic rings. The van der Waals surface area contributed by atoms with Crippen molar-refractivity contribution in [3.63, 3.8) is 0 Å². The van der Waals surface area contributed by atoms with Gasteiger partial charge in [-0.1, -0.05) is 43.7 Å². The maximum atomic E-state index is 13.3. The second-order valence-electron chi connectivity index (χ2n) is 8.00. The second kappa shape index (κ2) is 11.6. The molecular weight excluding hydrogens is 463 g/mol. The van der Waals surface area contributed by atoms with Gasteiger partial charge in [0.15, 0.2) is 6.61 Å². The van der Waals surface area contributed by atoms with Crippen molar-refractivity contribution in [2.24, 2.45) is 0 Å². The number of esters is 1. The van der Waals surface area contributed by atoms with E-state index in [4.69, 9.17) is 4.74 Å². The molecule has 0 bridgehead atoms. The highest BCUT2D eigenvalue weighted by molar-refractivity contribution is 5.80. The quantitative estimate of drug-likeness (QED) is 0.345. The molecular formula is C25H26F3N3O4. The Bertz CT molecular complexity index is 1240. The summed E-state index contributed by atoms with van der Waals surface area (Å²) in [4.78, 5) is 41.1. The first-order valence-electron chi connectivity index (χ1n) is 11.3. The molecule has 0 unspecified atom stereocenters. The van der Waals surface area contributed by atoms with Gasteiger partial charge < -0.3 is 14.6 Å². The predicted molar refractivity (Wildman–Crippen MR) is 124 cm³/mol. The molecule has 0 saturated heterocycles. The standard InChI is InChI=1S/C25H26F3N3O4/c1-2-3-13-29-22(32)16-35-23(33)12-10-19-24(34)31(15-17-7-5-4-6-8-17)21-11-9-18(25(26,27)28)14-20(21)30-19/h4-9,11,14H,2-3,10,12-13,15-16H2,1H3,(H,29,32). The topological polar surface area (TPSA) is 90.3 Å². The first-order valence-corrected chi connectivity index (χ1v) is 11.3. The van der Waals surface area contributed by atoms with Crippen LogP contribution in [0, 0.1) is 0 Å². The van der Waals surface area contributed by atoms with Crippen molar-refractivity contribution in [1.29, 1.82) is 0 Å². The Morgan fingerprint density at radius 2 is 1.86 bits per heavy atom. The van der Waals surface area contributed by atoms with Gasteiger partial charge in [0.25, 0.3) is 11.5 Å². The van der Waals surface area contributed by atoms with Crippen molar-refractivity contribution < 1.29 is 27.5 Å². The van der Waals surface area contributed by atoms with Crippen LogP contribution in [0.1, 0.15) is 43.0 Å². The number of ether oxygens (including phenoxy) is 1. The van der Waals surface area contributed by atoms with Gasteiger partial charge in [0.05, 0.1) is 29.6 Å². The van der Waals surface area contributed by atoms with E-state index in [2.05, 4.69) is 10.3 Å². The molecule has 0 saturated carbocycles. The number of hydrogen-bond donors (Lipinski definition) is 1. The van der Waals surface area contributed by atoms with E-state index in [0.29, 0.717) is 6.54 Å². The highest BCUT2D eigenvalue weighted by Gasteiger charge is 2.31. The van der Waals surface area contributed by atoms with Gasteiger partial charge in [-0.15, -0.1) is 0 Å². The molecule has 7 nitrogen and oxygen atoms in total. The van der Waals surface area contributed by atoms with Crippen LogP contribution in [-0.4, -0.2) is 34.6 Å². The minimum Gasteiger partial charge on any atom is -0.456 e. The monoisotopic (exact) mass is 489 g/mol.